The monoisotopic (exact) mass is 286 g/mol. The Labute approximate surface area is 120 Å². The van der Waals surface area contributed by atoms with E-state index in [9.17, 15) is 0 Å². The summed E-state index contributed by atoms with van der Waals surface area (Å²) < 4.78 is 0. The zero-order valence-corrected chi connectivity index (χ0v) is 12.2. The van der Waals surface area contributed by atoms with Gasteiger partial charge in [-0.1, -0.05) is 53.5 Å². The number of nitrogens with zero attached hydrogens (tertiary/aromatic N) is 1. The van der Waals surface area contributed by atoms with Gasteiger partial charge >= 0.3 is 0 Å². The summed E-state index contributed by atoms with van der Waals surface area (Å²) in [5.74, 6) is 0. The van der Waals surface area contributed by atoms with Crippen LogP contribution in [0, 0.1) is 0 Å². The van der Waals surface area contributed by atoms with Crippen LogP contribution >= 0.6 is 23.2 Å². The lowest BCUT2D eigenvalue weighted by molar-refractivity contribution is 0.320. The van der Waals surface area contributed by atoms with Crippen molar-refractivity contribution in [3.63, 3.8) is 0 Å². The molecule has 2 nitrogen and oxygen atoms in total. The number of benzene rings is 1. The van der Waals surface area contributed by atoms with E-state index in [0.29, 0.717) is 11.6 Å². The highest BCUT2D eigenvalue weighted by molar-refractivity contribution is 6.36. The minimum atomic E-state index is 0.646. The average molecular weight is 287 g/mol. The van der Waals surface area contributed by atoms with Crippen LogP contribution in [0.1, 0.15) is 12.0 Å². The van der Waals surface area contributed by atoms with Gasteiger partial charge in [-0.2, -0.15) is 0 Å². The standard InChI is InChI=1S/C14H20Cl2N2/c1-18(12-13-6-3-2-4-7-13)9-5-8-17-11-14(16)10-15/h2-4,6-7,10,17H,5,8-9,11-12H2,1H3. The van der Waals surface area contributed by atoms with Crippen molar-refractivity contribution in [2.45, 2.75) is 13.0 Å². The maximum atomic E-state index is 5.77. The molecule has 0 radical (unpaired) electrons. The zero-order chi connectivity index (χ0) is 13.2. The van der Waals surface area contributed by atoms with Gasteiger partial charge in [0.15, 0.2) is 0 Å². The van der Waals surface area contributed by atoms with Gasteiger partial charge in [-0.25, -0.2) is 0 Å². The van der Waals surface area contributed by atoms with E-state index in [2.05, 4.69) is 41.5 Å². The molecule has 4 heteroatoms. The Morgan fingerprint density at radius 2 is 2.06 bits per heavy atom. The van der Waals surface area contributed by atoms with E-state index < -0.39 is 0 Å². The number of hydrogen-bond acceptors (Lipinski definition) is 2. The van der Waals surface area contributed by atoms with Crippen molar-refractivity contribution in [1.29, 1.82) is 0 Å². The Morgan fingerprint density at radius 1 is 1.33 bits per heavy atom. The van der Waals surface area contributed by atoms with Gasteiger partial charge in [-0.15, -0.1) is 0 Å². The van der Waals surface area contributed by atoms with E-state index in [0.717, 1.165) is 26.1 Å². The second kappa shape index (κ2) is 9.40. The van der Waals surface area contributed by atoms with Crippen LogP contribution in [0.15, 0.2) is 40.9 Å². The lowest BCUT2D eigenvalue weighted by atomic mass is 10.2. The number of hydrogen-bond donors (Lipinski definition) is 1. The van der Waals surface area contributed by atoms with E-state index in [1.807, 2.05) is 6.07 Å². The SMILES string of the molecule is CN(CCCNCC(Cl)=CCl)Cc1ccccc1. The quantitative estimate of drug-likeness (QED) is 0.737. The number of nitrogens with one attached hydrogen (secondary N) is 1. The lowest BCUT2D eigenvalue weighted by Crippen LogP contribution is -2.24. The van der Waals surface area contributed by atoms with Gasteiger partial charge in [0.2, 0.25) is 0 Å². The summed E-state index contributed by atoms with van der Waals surface area (Å²) in [6, 6.07) is 10.5. The molecule has 0 aromatic heterocycles. The number of halogens is 2. The topological polar surface area (TPSA) is 15.3 Å². The molecule has 1 N–H and O–H groups in total. The van der Waals surface area contributed by atoms with Crippen molar-refractivity contribution < 1.29 is 0 Å². The minimum absolute atomic E-state index is 0.646. The average Bonchev–Trinajstić information content (AvgIpc) is 2.39. The highest BCUT2D eigenvalue weighted by Gasteiger charge is 1.99. The molecule has 18 heavy (non-hydrogen) atoms. The molecule has 0 unspecified atom stereocenters. The first-order valence-electron chi connectivity index (χ1n) is 6.10. The molecule has 0 bridgehead atoms. The van der Waals surface area contributed by atoms with Gasteiger partial charge in [0.1, 0.15) is 0 Å². The van der Waals surface area contributed by atoms with Crippen LogP contribution in [0.4, 0.5) is 0 Å². The number of rotatable bonds is 8. The molecule has 0 spiro atoms. The van der Waals surface area contributed by atoms with E-state index in [1.165, 1.54) is 11.1 Å². The van der Waals surface area contributed by atoms with Gasteiger partial charge in [0.05, 0.1) is 0 Å². The van der Waals surface area contributed by atoms with Crippen molar-refractivity contribution in [3.8, 4) is 0 Å². The molecule has 0 saturated carbocycles. The molecule has 100 valence electrons. The third kappa shape index (κ3) is 7.02. The first-order chi connectivity index (χ1) is 8.72. The van der Waals surface area contributed by atoms with Crippen LogP contribution in [0.3, 0.4) is 0 Å². The molecular weight excluding hydrogens is 267 g/mol. The highest BCUT2D eigenvalue weighted by Crippen LogP contribution is 2.03. The van der Waals surface area contributed by atoms with Crippen molar-refractivity contribution in [3.05, 3.63) is 46.5 Å². The van der Waals surface area contributed by atoms with Gasteiger partial charge in [0, 0.05) is 23.7 Å². The van der Waals surface area contributed by atoms with Crippen molar-refractivity contribution in [2.75, 3.05) is 26.7 Å². The summed E-state index contributed by atoms with van der Waals surface area (Å²) in [6.45, 7) is 3.64. The second-order valence-corrected chi connectivity index (χ2v) is 5.01. The second-order valence-electron chi connectivity index (χ2n) is 4.31. The van der Waals surface area contributed by atoms with Crippen LogP contribution in [-0.4, -0.2) is 31.6 Å². The van der Waals surface area contributed by atoms with Gasteiger partial charge in [-0.05, 0) is 32.1 Å². The normalized spacial score (nSPS) is 12.1. The Balaban J connectivity index is 2.09. The van der Waals surface area contributed by atoms with Crippen molar-refractivity contribution in [1.82, 2.24) is 10.2 Å². The Bertz CT molecular complexity index is 352. The largest absolute Gasteiger partial charge is 0.312 e. The highest BCUT2D eigenvalue weighted by atomic mass is 35.5. The third-order valence-electron chi connectivity index (χ3n) is 2.60. The predicted molar refractivity (Wildman–Crippen MR) is 80.1 cm³/mol. The van der Waals surface area contributed by atoms with Crippen LogP contribution in [-0.2, 0) is 6.54 Å². The molecule has 0 atom stereocenters. The molecule has 1 aromatic carbocycles. The molecule has 1 aromatic rings. The van der Waals surface area contributed by atoms with Crippen molar-refractivity contribution >= 4 is 23.2 Å². The Kier molecular flexibility index (Phi) is 8.10. The molecule has 0 aliphatic carbocycles. The van der Waals surface area contributed by atoms with Crippen LogP contribution in [0.5, 0.6) is 0 Å². The molecule has 0 heterocycles. The van der Waals surface area contributed by atoms with E-state index >= 15 is 0 Å². The molecule has 0 fully saturated rings. The summed E-state index contributed by atoms with van der Waals surface area (Å²) in [5, 5.41) is 3.89. The minimum Gasteiger partial charge on any atom is -0.312 e. The molecule has 0 aliphatic rings. The molecule has 0 saturated heterocycles. The van der Waals surface area contributed by atoms with E-state index in [-0.39, 0.29) is 0 Å². The Morgan fingerprint density at radius 3 is 2.72 bits per heavy atom. The molecular formula is C14H20Cl2N2. The summed E-state index contributed by atoms with van der Waals surface area (Å²) >= 11 is 11.2. The Hall–Kier alpha value is -0.540. The fourth-order valence-electron chi connectivity index (χ4n) is 1.69. The summed E-state index contributed by atoms with van der Waals surface area (Å²) in [7, 11) is 2.14. The fraction of sp³-hybridized carbons (Fsp3) is 0.429. The van der Waals surface area contributed by atoms with Gasteiger partial charge in [0.25, 0.3) is 0 Å². The summed E-state index contributed by atoms with van der Waals surface area (Å²) in [5.41, 5.74) is 2.75. The molecule has 0 amide bonds. The van der Waals surface area contributed by atoms with Crippen LogP contribution in [0.25, 0.3) is 0 Å². The van der Waals surface area contributed by atoms with E-state index in [1.54, 1.807) is 0 Å². The lowest BCUT2D eigenvalue weighted by Gasteiger charge is -2.16. The molecule has 0 aliphatic heterocycles. The zero-order valence-electron chi connectivity index (χ0n) is 10.7. The smallest absolute Gasteiger partial charge is 0.0431 e. The fourth-order valence-corrected chi connectivity index (χ4v) is 1.87. The first-order valence-corrected chi connectivity index (χ1v) is 6.91. The summed E-state index contributed by atoms with van der Waals surface area (Å²) in [4.78, 5) is 2.32. The van der Waals surface area contributed by atoms with Crippen LogP contribution in [0.2, 0.25) is 0 Å². The predicted octanol–water partition coefficient (Wildman–Crippen LogP) is 3.42. The van der Waals surface area contributed by atoms with Gasteiger partial charge < -0.3 is 10.2 Å². The maximum absolute atomic E-state index is 5.77. The summed E-state index contributed by atoms with van der Waals surface area (Å²) in [6.07, 6.45) is 1.09. The molecule has 1 rings (SSSR count). The van der Waals surface area contributed by atoms with Crippen molar-refractivity contribution in [2.24, 2.45) is 0 Å². The van der Waals surface area contributed by atoms with Crippen LogP contribution < -0.4 is 5.32 Å². The maximum Gasteiger partial charge on any atom is 0.0431 e. The van der Waals surface area contributed by atoms with Gasteiger partial charge in [-0.3, -0.25) is 0 Å². The third-order valence-corrected chi connectivity index (χ3v) is 3.22. The first kappa shape index (κ1) is 15.5. The van der Waals surface area contributed by atoms with E-state index in [4.69, 9.17) is 23.2 Å².